The molecule has 1 unspecified atom stereocenters. The number of rotatable bonds is 4. The molecule has 3 heterocycles. The molecule has 32 heavy (non-hydrogen) atoms. The molecule has 0 fully saturated rings. The maximum absolute atomic E-state index is 13.0. The van der Waals surface area contributed by atoms with Gasteiger partial charge in [-0.25, -0.2) is 4.98 Å². The lowest BCUT2D eigenvalue weighted by Crippen LogP contribution is -2.45. The van der Waals surface area contributed by atoms with Gasteiger partial charge >= 0.3 is 0 Å². The summed E-state index contributed by atoms with van der Waals surface area (Å²) in [6.45, 7) is 3.33. The van der Waals surface area contributed by atoms with Crippen molar-refractivity contribution in [2.24, 2.45) is 0 Å². The van der Waals surface area contributed by atoms with Crippen LogP contribution in [0.3, 0.4) is 0 Å². The first-order chi connectivity index (χ1) is 15.4. The van der Waals surface area contributed by atoms with Gasteiger partial charge < -0.3 is 5.32 Å². The fourth-order valence-corrected chi connectivity index (χ4v) is 3.84. The third kappa shape index (κ3) is 3.13. The average Bonchev–Trinajstić information content (AvgIpc) is 3.29. The molecule has 3 amide bonds. The van der Waals surface area contributed by atoms with Gasteiger partial charge in [0.2, 0.25) is 5.91 Å². The Hall–Kier alpha value is -4.33. The lowest BCUT2D eigenvalue weighted by atomic mass is 10.1. The summed E-state index contributed by atoms with van der Waals surface area (Å²) in [6, 6.07) is 18.7. The lowest BCUT2D eigenvalue weighted by Gasteiger charge is -2.21. The minimum absolute atomic E-state index is 0.304. The molecule has 0 saturated heterocycles. The SMILES string of the molecule is Cc1cc(NC(=O)C(C)N2C(=O)c3ccccc3C2=O)n(-c2ccc3ccccc3n2)n1. The van der Waals surface area contributed by atoms with Crippen LogP contribution in [0, 0.1) is 6.92 Å². The van der Waals surface area contributed by atoms with E-state index in [9.17, 15) is 14.4 Å². The van der Waals surface area contributed by atoms with E-state index in [0.29, 0.717) is 28.5 Å². The molecule has 1 N–H and O–H groups in total. The maximum Gasteiger partial charge on any atom is 0.262 e. The minimum atomic E-state index is -1.00. The van der Waals surface area contributed by atoms with Gasteiger partial charge in [0.15, 0.2) is 5.82 Å². The number of pyridine rings is 1. The number of amides is 3. The summed E-state index contributed by atoms with van der Waals surface area (Å²) in [4.78, 5) is 44.1. The molecule has 2 aromatic carbocycles. The summed E-state index contributed by atoms with van der Waals surface area (Å²) < 4.78 is 1.54. The smallest absolute Gasteiger partial charge is 0.262 e. The number of nitrogens with zero attached hydrogens (tertiary/aromatic N) is 4. The Labute approximate surface area is 183 Å². The Morgan fingerprint density at radius 3 is 2.31 bits per heavy atom. The van der Waals surface area contributed by atoms with Crippen molar-refractivity contribution in [1.29, 1.82) is 0 Å². The van der Waals surface area contributed by atoms with Gasteiger partial charge in [-0.2, -0.15) is 9.78 Å². The zero-order valence-electron chi connectivity index (χ0n) is 17.4. The summed E-state index contributed by atoms with van der Waals surface area (Å²) >= 11 is 0. The highest BCUT2D eigenvalue weighted by molar-refractivity contribution is 6.23. The molecule has 5 rings (SSSR count). The van der Waals surface area contributed by atoms with Crippen LogP contribution in [0.1, 0.15) is 33.3 Å². The van der Waals surface area contributed by atoms with Crippen molar-refractivity contribution in [3.05, 3.63) is 83.6 Å². The molecule has 8 nitrogen and oxygen atoms in total. The lowest BCUT2D eigenvalue weighted by molar-refractivity contribution is -0.119. The van der Waals surface area contributed by atoms with Gasteiger partial charge in [0.25, 0.3) is 11.8 Å². The fourth-order valence-electron chi connectivity index (χ4n) is 3.84. The van der Waals surface area contributed by atoms with Crippen LogP contribution >= 0.6 is 0 Å². The van der Waals surface area contributed by atoms with E-state index in [1.54, 1.807) is 37.3 Å². The number of imide groups is 1. The molecule has 1 atom stereocenters. The number of hydrogen-bond donors (Lipinski definition) is 1. The Morgan fingerprint density at radius 1 is 0.938 bits per heavy atom. The van der Waals surface area contributed by atoms with Crippen LogP contribution in [-0.2, 0) is 4.79 Å². The van der Waals surface area contributed by atoms with E-state index in [1.807, 2.05) is 36.4 Å². The predicted octanol–water partition coefficient (Wildman–Crippen LogP) is 3.35. The van der Waals surface area contributed by atoms with Crippen molar-refractivity contribution in [3.63, 3.8) is 0 Å². The fraction of sp³-hybridized carbons (Fsp3) is 0.125. The van der Waals surface area contributed by atoms with E-state index in [1.165, 1.54) is 11.6 Å². The van der Waals surface area contributed by atoms with Crippen LogP contribution in [-0.4, -0.2) is 43.4 Å². The van der Waals surface area contributed by atoms with Gasteiger partial charge in [-0.1, -0.05) is 30.3 Å². The quantitative estimate of drug-likeness (QED) is 0.506. The van der Waals surface area contributed by atoms with Crippen LogP contribution in [0.4, 0.5) is 5.82 Å². The van der Waals surface area contributed by atoms with Crippen LogP contribution in [0.25, 0.3) is 16.7 Å². The van der Waals surface area contributed by atoms with Crippen LogP contribution in [0.2, 0.25) is 0 Å². The van der Waals surface area contributed by atoms with E-state index < -0.39 is 23.8 Å². The second-order valence-corrected chi connectivity index (χ2v) is 7.64. The van der Waals surface area contributed by atoms with Crippen molar-refractivity contribution in [1.82, 2.24) is 19.7 Å². The van der Waals surface area contributed by atoms with E-state index in [4.69, 9.17) is 0 Å². The van der Waals surface area contributed by atoms with Crippen molar-refractivity contribution in [2.75, 3.05) is 5.32 Å². The zero-order chi connectivity index (χ0) is 22.4. The molecule has 0 saturated carbocycles. The molecule has 4 aromatic rings. The Bertz CT molecular complexity index is 1370. The number of aromatic nitrogens is 3. The largest absolute Gasteiger partial charge is 0.309 e. The third-order valence-electron chi connectivity index (χ3n) is 5.48. The predicted molar refractivity (Wildman–Crippen MR) is 119 cm³/mol. The monoisotopic (exact) mass is 425 g/mol. The molecule has 0 bridgehead atoms. The number of nitrogens with one attached hydrogen (secondary N) is 1. The molecular formula is C24H19N5O3. The van der Waals surface area contributed by atoms with Gasteiger partial charge in [0.1, 0.15) is 11.9 Å². The molecule has 0 aliphatic carbocycles. The van der Waals surface area contributed by atoms with Crippen LogP contribution < -0.4 is 5.32 Å². The second kappa shape index (κ2) is 7.42. The molecule has 158 valence electrons. The summed E-state index contributed by atoms with van der Waals surface area (Å²) in [5.74, 6) is -0.510. The maximum atomic E-state index is 13.0. The van der Waals surface area contributed by atoms with Gasteiger partial charge in [-0.15, -0.1) is 0 Å². The van der Waals surface area contributed by atoms with E-state index in [2.05, 4.69) is 15.4 Å². The first kappa shape index (κ1) is 19.6. The second-order valence-electron chi connectivity index (χ2n) is 7.64. The van der Waals surface area contributed by atoms with Crippen molar-refractivity contribution in [3.8, 4) is 5.82 Å². The topological polar surface area (TPSA) is 97.2 Å². The standard InChI is InChI=1S/C24H19N5O3/c1-14-13-21(29(27-14)20-12-11-16-7-3-6-10-19(16)25-20)26-22(30)15(2)28-23(31)17-8-4-5-9-18(17)24(28)32/h3-13,15H,1-2H3,(H,26,30). The number of aryl methyl sites for hydroxylation is 1. The van der Waals surface area contributed by atoms with Crippen molar-refractivity contribution < 1.29 is 14.4 Å². The number of benzene rings is 2. The van der Waals surface area contributed by atoms with Gasteiger partial charge in [-0.3, -0.25) is 19.3 Å². The van der Waals surface area contributed by atoms with Gasteiger partial charge in [-0.05, 0) is 44.2 Å². The van der Waals surface area contributed by atoms with Gasteiger partial charge in [0, 0.05) is 11.5 Å². The third-order valence-corrected chi connectivity index (χ3v) is 5.48. The van der Waals surface area contributed by atoms with Crippen molar-refractivity contribution in [2.45, 2.75) is 19.9 Å². The highest BCUT2D eigenvalue weighted by atomic mass is 16.2. The number of carbonyl (C=O) groups is 3. The number of para-hydroxylation sites is 1. The molecule has 1 aliphatic heterocycles. The van der Waals surface area contributed by atoms with Crippen LogP contribution in [0.5, 0.6) is 0 Å². The Balaban J connectivity index is 1.43. The summed E-state index contributed by atoms with van der Waals surface area (Å²) in [7, 11) is 0. The number of hydrogen-bond acceptors (Lipinski definition) is 5. The van der Waals surface area contributed by atoms with Crippen molar-refractivity contribution >= 4 is 34.4 Å². The molecule has 8 heteroatoms. The normalized spacial score (nSPS) is 14.0. The highest BCUT2D eigenvalue weighted by Gasteiger charge is 2.40. The minimum Gasteiger partial charge on any atom is -0.309 e. The number of carbonyl (C=O) groups excluding carboxylic acids is 3. The summed E-state index contributed by atoms with van der Waals surface area (Å²) in [5.41, 5.74) is 2.09. The average molecular weight is 425 g/mol. The summed E-state index contributed by atoms with van der Waals surface area (Å²) in [6.07, 6.45) is 0. The van der Waals surface area contributed by atoms with Crippen LogP contribution in [0.15, 0.2) is 66.7 Å². The molecule has 0 spiro atoms. The van der Waals surface area contributed by atoms with E-state index in [0.717, 1.165) is 15.8 Å². The first-order valence-electron chi connectivity index (χ1n) is 10.1. The number of anilines is 1. The molecule has 0 radical (unpaired) electrons. The zero-order valence-corrected chi connectivity index (χ0v) is 17.4. The highest BCUT2D eigenvalue weighted by Crippen LogP contribution is 2.25. The molecule has 2 aromatic heterocycles. The summed E-state index contributed by atoms with van der Waals surface area (Å²) in [5, 5.41) is 8.24. The molecular weight excluding hydrogens is 406 g/mol. The van der Waals surface area contributed by atoms with E-state index in [-0.39, 0.29) is 0 Å². The first-order valence-corrected chi connectivity index (χ1v) is 10.1. The van der Waals surface area contributed by atoms with E-state index >= 15 is 0 Å². The Kier molecular flexibility index (Phi) is 4.55. The number of fused-ring (bicyclic) bond motifs is 2. The molecule has 1 aliphatic rings. The van der Waals surface area contributed by atoms with Gasteiger partial charge in [0.05, 0.1) is 22.3 Å². The Morgan fingerprint density at radius 2 is 1.59 bits per heavy atom.